The smallest absolute Gasteiger partial charge is 0.211 e. The van der Waals surface area contributed by atoms with Crippen LogP contribution in [0.5, 0.6) is 0 Å². The van der Waals surface area contributed by atoms with Gasteiger partial charge in [-0.05, 0) is 40.3 Å². The summed E-state index contributed by atoms with van der Waals surface area (Å²) in [7, 11) is -3.96. The van der Waals surface area contributed by atoms with Crippen LogP contribution < -0.4 is 4.72 Å². The van der Waals surface area contributed by atoms with Crippen molar-refractivity contribution < 1.29 is 17.2 Å². The largest absolute Gasteiger partial charge is 0.244 e. The SMILES string of the molecule is CC1CC1CNS(=O)(=O)c1c(F)cc(F)cc1Br. The Morgan fingerprint density at radius 3 is 2.56 bits per heavy atom. The maximum Gasteiger partial charge on any atom is 0.244 e. The molecule has 0 radical (unpaired) electrons. The van der Waals surface area contributed by atoms with E-state index in [1.165, 1.54) is 0 Å². The molecule has 0 aromatic heterocycles. The Bertz CT molecular complexity index is 553. The highest BCUT2D eigenvalue weighted by molar-refractivity contribution is 9.10. The van der Waals surface area contributed by atoms with Crippen LogP contribution in [-0.4, -0.2) is 15.0 Å². The molecule has 2 unspecified atom stereocenters. The van der Waals surface area contributed by atoms with Crippen LogP contribution in [0.4, 0.5) is 8.78 Å². The minimum atomic E-state index is -3.96. The predicted octanol–water partition coefficient (Wildman–Crippen LogP) is 2.66. The van der Waals surface area contributed by atoms with Crippen molar-refractivity contribution in [3.63, 3.8) is 0 Å². The highest BCUT2D eigenvalue weighted by atomic mass is 79.9. The molecular formula is C11H12BrF2NO2S. The fourth-order valence-electron chi connectivity index (χ4n) is 1.76. The molecule has 1 fully saturated rings. The van der Waals surface area contributed by atoms with Gasteiger partial charge in [0.2, 0.25) is 10.0 Å². The van der Waals surface area contributed by atoms with Gasteiger partial charge in [0.1, 0.15) is 16.5 Å². The van der Waals surface area contributed by atoms with Gasteiger partial charge < -0.3 is 0 Å². The number of hydrogen-bond donors (Lipinski definition) is 1. The molecule has 1 aromatic rings. The molecular weight excluding hydrogens is 328 g/mol. The molecule has 18 heavy (non-hydrogen) atoms. The number of rotatable bonds is 4. The fraction of sp³-hybridized carbons (Fsp3) is 0.455. The first-order chi connectivity index (χ1) is 8.31. The standard InChI is InChI=1S/C11H12BrF2NO2S/c1-6-2-7(6)5-15-18(16,17)11-9(12)3-8(13)4-10(11)14/h3-4,6-7,15H,2,5H2,1H3. The van der Waals surface area contributed by atoms with Crippen LogP contribution in [0.15, 0.2) is 21.5 Å². The van der Waals surface area contributed by atoms with Crippen LogP contribution in [0.25, 0.3) is 0 Å². The van der Waals surface area contributed by atoms with Crippen molar-refractivity contribution in [2.24, 2.45) is 11.8 Å². The Kier molecular flexibility index (Phi) is 3.75. The van der Waals surface area contributed by atoms with Crippen LogP contribution in [0.2, 0.25) is 0 Å². The average Bonchev–Trinajstić information content (AvgIpc) is 2.89. The van der Waals surface area contributed by atoms with Crippen LogP contribution >= 0.6 is 15.9 Å². The van der Waals surface area contributed by atoms with E-state index in [9.17, 15) is 17.2 Å². The second-order valence-corrected chi connectivity index (χ2v) is 7.08. The van der Waals surface area contributed by atoms with Crippen molar-refractivity contribution in [3.05, 3.63) is 28.2 Å². The predicted molar refractivity (Wildman–Crippen MR) is 66.5 cm³/mol. The highest BCUT2D eigenvalue weighted by Gasteiger charge is 2.34. The molecule has 1 saturated carbocycles. The van der Waals surface area contributed by atoms with Gasteiger partial charge in [-0.2, -0.15) is 0 Å². The van der Waals surface area contributed by atoms with Gasteiger partial charge in [-0.15, -0.1) is 0 Å². The molecule has 2 atom stereocenters. The van der Waals surface area contributed by atoms with E-state index < -0.39 is 26.6 Å². The Labute approximate surface area is 113 Å². The number of nitrogens with one attached hydrogen (secondary N) is 1. The summed E-state index contributed by atoms with van der Waals surface area (Å²) in [6.45, 7) is 2.31. The summed E-state index contributed by atoms with van der Waals surface area (Å²) in [6.07, 6.45) is 0.968. The summed E-state index contributed by atoms with van der Waals surface area (Å²) >= 11 is 2.87. The molecule has 100 valence electrons. The van der Waals surface area contributed by atoms with Gasteiger partial charge in [0, 0.05) is 17.1 Å². The summed E-state index contributed by atoms with van der Waals surface area (Å²) in [4.78, 5) is -0.544. The zero-order valence-corrected chi connectivity index (χ0v) is 12.0. The van der Waals surface area contributed by atoms with Crippen molar-refractivity contribution in [3.8, 4) is 0 Å². The Morgan fingerprint density at radius 2 is 2.06 bits per heavy atom. The molecule has 2 rings (SSSR count). The Hall–Kier alpha value is -0.530. The quantitative estimate of drug-likeness (QED) is 0.916. The summed E-state index contributed by atoms with van der Waals surface area (Å²) in [5, 5.41) is 0. The maximum absolute atomic E-state index is 13.5. The Balaban J connectivity index is 2.24. The molecule has 1 aliphatic carbocycles. The first kappa shape index (κ1) is 13.9. The fourth-order valence-corrected chi connectivity index (χ4v) is 4.01. The lowest BCUT2D eigenvalue weighted by Crippen LogP contribution is -2.27. The van der Waals surface area contributed by atoms with Crippen molar-refractivity contribution in [1.82, 2.24) is 4.72 Å². The third-order valence-corrected chi connectivity index (χ3v) is 5.43. The van der Waals surface area contributed by atoms with Crippen LogP contribution in [0.3, 0.4) is 0 Å². The van der Waals surface area contributed by atoms with Gasteiger partial charge >= 0.3 is 0 Å². The van der Waals surface area contributed by atoms with E-state index in [0.29, 0.717) is 17.9 Å². The summed E-state index contributed by atoms with van der Waals surface area (Å²) in [6, 6.07) is 1.48. The molecule has 1 aromatic carbocycles. The number of halogens is 3. The van der Waals surface area contributed by atoms with E-state index >= 15 is 0 Å². The molecule has 0 bridgehead atoms. The second kappa shape index (κ2) is 4.86. The van der Waals surface area contributed by atoms with Gasteiger partial charge in [-0.3, -0.25) is 0 Å². The Morgan fingerprint density at radius 1 is 1.44 bits per heavy atom. The molecule has 0 heterocycles. The lowest BCUT2D eigenvalue weighted by Gasteiger charge is -2.09. The van der Waals surface area contributed by atoms with Crippen molar-refractivity contribution in [1.29, 1.82) is 0 Å². The molecule has 0 spiro atoms. The first-order valence-electron chi connectivity index (χ1n) is 5.45. The van der Waals surface area contributed by atoms with Crippen LogP contribution in [0, 0.1) is 23.5 Å². The minimum absolute atomic E-state index is 0.114. The monoisotopic (exact) mass is 339 g/mol. The summed E-state index contributed by atoms with van der Waals surface area (Å²) in [5.74, 6) is -1.12. The van der Waals surface area contributed by atoms with Gasteiger partial charge in [0.25, 0.3) is 0 Å². The van der Waals surface area contributed by atoms with Gasteiger partial charge in [-0.1, -0.05) is 6.92 Å². The number of hydrogen-bond acceptors (Lipinski definition) is 2. The van der Waals surface area contributed by atoms with E-state index in [2.05, 4.69) is 20.7 Å². The normalized spacial score (nSPS) is 23.1. The second-order valence-electron chi connectivity index (χ2n) is 4.52. The van der Waals surface area contributed by atoms with E-state index in [0.717, 1.165) is 12.5 Å². The first-order valence-corrected chi connectivity index (χ1v) is 7.73. The molecule has 0 aliphatic heterocycles. The lowest BCUT2D eigenvalue weighted by atomic mass is 10.3. The van der Waals surface area contributed by atoms with E-state index in [1.54, 1.807) is 0 Å². The van der Waals surface area contributed by atoms with E-state index in [1.807, 2.05) is 6.92 Å². The topological polar surface area (TPSA) is 46.2 Å². The van der Waals surface area contributed by atoms with E-state index in [4.69, 9.17) is 0 Å². The molecule has 7 heteroatoms. The molecule has 1 aliphatic rings. The summed E-state index contributed by atoms with van der Waals surface area (Å²) < 4.78 is 52.5. The molecule has 3 nitrogen and oxygen atoms in total. The number of benzene rings is 1. The van der Waals surface area contributed by atoms with Crippen LogP contribution in [0.1, 0.15) is 13.3 Å². The minimum Gasteiger partial charge on any atom is -0.211 e. The van der Waals surface area contributed by atoms with Crippen molar-refractivity contribution in [2.45, 2.75) is 18.2 Å². The molecule has 0 saturated heterocycles. The highest BCUT2D eigenvalue weighted by Crippen LogP contribution is 2.37. The third-order valence-electron chi connectivity index (χ3n) is 3.04. The lowest BCUT2D eigenvalue weighted by molar-refractivity contribution is 0.538. The van der Waals surface area contributed by atoms with E-state index in [-0.39, 0.29) is 11.0 Å². The van der Waals surface area contributed by atoms with Gasteiger partial charge in [0.15, 0.2) is 0 Å². The molecule has 1 N–H and O–H groups in total. The van der Waals surface area contributed by atoms with Crippen molar-refractivity contribution in [2.75, 3.05) is 6.54 Å². The zero-order chi connectivity index (χ0) is 13.5. The number of sulfonamides is 1. The average molecular weight is 340 g/mol. The summed E-state index contributed by atoms with van der Waals surface area (Å²) in [5.41, 5.74) is 0. The van der Waals surface area contributed by atoms with Gasteiger partial charge in [-0.25, -0.2) is 21.9 Å². The van der Waals surface area contributed by atoms with Crippen LogP contribution in [-0.2, 0) is 10.0 Å². The molecule has 0 amide bonds. The maximum atomic E-state index is 13.5. The zero-order valence-electron chi connectivity index (χ0n) is 9.58. The van der Waals surface area contributed by atoms with Crippen molar-refractivity contribution >= 4 is 26.0 Å². The third kappa shape index (κ3) is 2.89. The van der Waals surface area contributed by atoms with Gasteiger partial charge in [0.05, 0.1) is 0 Å².